The van der Waals surface area contributed by atoms with Gasteiger partial charge >= 0.3 is 0 Å². The van der Waals surface area contributed by atoms with E-state index in [2.05, 4.69) is 25.1 Å². The molecule has 0 unspecified atom stereocenters. The van der Waals surface area contributed by atoms with E-state index in [-0.39, 0.29) is 11.8 Å². The van der Waals surface area contributed by atoms with Crippen LogP contribution in [0.4, 0.5) is 10.3 Å². The number of methoxy groups -OCH3 is 1. The first-order chi connectivity index (χ1) is 12.7. The Morgan fingerprint density at radius 2 is 2.00 bits per heavy atom. The molecule has 7 nitrogen and oxygen atoms in total. The van der Waals surface area contributed by atoms with Crippen LogP contribution >= 0.6 is 0 Å². The maximum absolute atomic E-state index is 13.0. The topological polar surface area (TPSA) is 70.6 Å². The molecular formula is C18H28FN5O2. The molecule has 0 aliphatic carbocycles. The first kappa shape index (κ1) is 19.0. The molecule has 1 amide bonds. The number of rotatable bonds is 6. The number of halogens is 1. The number of likely N-dealkylation sites (tertiary alicyclic amines) is 1. The van der Waals surface area contributed by atoms with Crippen molar-refractivity contribution in [1.82, 2.24) is 20.2 Å². The molecule has 2 aliphatic rings. The Balaban J connectivity index is 1.47. The van der Waals surface area contributed by atoms with Gasteiger partial charge in [0.05, 0.1) is 24.9 Å². The second kappa shape index (κ2) is 9.23. The van der Waals surface area contributed by atoms with E-state index in [0.29, 0.717) is 25.1 Å². The van der Waals surface area contributed by atoms with Crippen LogP contribution in [0.15, 0.2) is 12.4 Å². The lowest BCUT2D eigenvalue weighted by Crippen LogP contribution is -2.51. The maximum Gasteiger partial charge on any atom is 0.225 e. The minimum absolute atomic E-state index is 0.0686. The SMILES string of the molecule is COCCNC(=O)[C@H]1CCCN(C2CCN(c3ncc(F)cn3)CC2)C1. The van der Waals surface area contributed by atoms with E-state index in [1.165, 1.54) is 12.4 Å². The van der Waals surface area contributed by atoms with Crippen LogP contribution in [0.1, 0.15) is 25.7 Å². The van der Waals surface area contributed by atoms with Gasteiger partial charge in [-0.05, 0) is 32.2 Å². The van der Waals surface area contributed by atoms with Crippen LogP contribution in [0.5, 0.6) is 0 Å². The Kier molecular flexibility index (Phi) is 6.73. The summed E-state index contributed by atoms with van der Waals surface area (Å²) in [5.74, 6) is 0.397. The molecule has 1 aromatic rings. The summed E-state index contributed by atoms with van der Waals surface area (Å²) < 4.78 is 18.0. The van der Waals surface area contributed by atoms with Gasteiger partial charge in [-0.3, -0.25) is 9.69 Å². The van der Waals surface area contributed by atoms with Crippen LogP contribution in [-0.4, -0.2) is 73.3 Å². The van der Waals surface area contributed by atoms with Crippen molar-refractivity contribution in [3.8, 4) is 0 Å². The number of amides is 1. The molecule has 2 aliphatic heterocycles. The van der Waals surface area contributed by atoms with Crippen molar-refractivity contribution in [1.29, 1.82) is 0 Å². The summed E-state index contributed by atoms with van der Waals surface area (Å²) in [6.45, 7) is 4.72. The molecule has 0 radical (unpaired) electrons. The fraction of sp³-hybridized carbons (Fsp3) is 0.722. The van der Waals surface area contributed by atoms with Gasteiger partial charge in [0.15, 0.2) is 5.82 Å². The predicted molar refractivity (Wildman–Crippen MR) is 96.4 cm³/mol. The number of ether oxygens (including phenoxy) is 1. The van der Waals surface area contributed by atoms with E-state index in [1.54, 1.807) is 7.11 Å². The van der Waals surface area contributed by atoms with E-state index in [0.717, 1.165) is 51.9 Å². The van der Waals surface area contributed by atoms with E-state index in [1.807, 2.05) is 0 Å². The maximum atomic E-state index is 13.0. The minimum atomic E-state index is -0.410. The molecule has 144 valence electrons. The summed E-state index contributed by atoms with van der Waals surface area (Å²) in [5, 5.41) is 2.96. The average Bonchev–Trinajstić information content (AvgIpc) is 2.69. The number of carbonyl (C=O) groups excluding carboxylic acids is 1. The number of carbonyl (C=O) groups is 1. The molecule has 2 saturated heterocycles. The van der Waals surface area contributed by atoms with Crippen LogP contribution in [0.3, 0.4) is 0 Å². The molecule has 3 heterocycles. The number of hydrogen-bond acceptors (Lipinski definition) is 6. The fourth-order valence-corrected chi connectivity index (χ4v) is 3.87. The van der Waals surface area contributed by atoms with E-state index >= 15 is 0 Å². The smallest absolute Gasteiger partial charge is 0.225 e. The largest absolute Gasteiger partial charge is 0.383 e. The molecule has 0 aromatic carbocycles. The first-order valence-corrected chi connectivity index (χ1v) is 9.40. The molecule has 1 aromatic heterocycles. The highest BCUT2D eigenvalue weighted by atomic mass is 19.1. The summed E-state index contributed by atoms with van der Waals surface area (Å²) in [4.78, 5) is 25.0. The molecule has 3 rings (SSSR count). The third-order valence-electron chi connectivity index (χ3n) is 5.30. The van der Waals surface area contributed by atoms with Crippen LogP contribution in [0.2, 0.25) is 0 Å². The van der Waals surface area contributed by atoms with Gasteiger partial charge in [0.1, 0.15) is 0 Å². The Morgan fingerprint density at radius 3 is 2.69 bits per heavy atom. The van der Waals surface area contributed by atoms with Gasteiger partial charge in [-0.2, -0.15) is 0 Å². The van der Waals surface area contributed by atoms with Crippen LogP contribution < -0.4 is 10.2 Å². The van der Waals surface area contributed by atoms with Crippen LogP contribution in [0, 0.1) is 11.7 Å². The van der Waals surface area contributed by atoms with Gasteiger partial charge in [-0.15, -0.1) is 0 Å². The second-order valence-corrected chi connectivity index (χ2v) is 7.04. The van der Waals surface area contributed by atoms with Gasteiger partial charge in [0, 0.05) is 39.3 Å². The van der Waals surface area contributed by atoms with Crippen molar-refractivity contribution in [3.05, 3.63) is 18.2 Å². The van der Waals surface area contributed by atoms with Crippen molar-refractivity contribution in [2.75, 3.05) is 51.3 Å². The molecule has 8 heteroatoms. The van der Waals surface area contributed by atoms with Gasteiger partial charge in [-0.25, -0.2) is 14.4 Å². The quantitative estimate of drug-likeness (QED) is 0.760. The van der Waals surface area contributed by atoms with Gasteiger partial charge < -0.3 is 15.0 Å². The van der Waals surface area contributed by atoms with Crippen molar-refractivity contribution < 1.29 is 13.9 Å². The predicted octanol–water partition coefficient (Wildman–Crippen LogP) is 1.06. The third kappa shape index (κ3) is 4.88. The number of anilines is 1. The monoisotopic (exact) mass is 365 g/mol. The molecule has 26 heavy (non-hydrogen) atoms. The van der Waals surface area contributed by atoms with Crippen LogP contribution in [-0.2, 0) is 9.53 Å². The molecule has 0 saturated carbocycles. The number of hydrogen-bond donors (Lipinski definition) is 1. The standard InChI is InChI=1S/C18H28FN5O2/c1-26-10-6-20-17(25)14-3-2-7-24(13-14)16-4-8-23(9-5-16)18-21-11-15(19)12-22-18/h11-12,14,16H,2-10,13H2,1H3,(H,20,25)/t14-/m0/s1. The lowest BCUT2D eigenvalue weighted by Gasteiger charge is -2.42. The average molecular weight is 365 g/mol. The molecule has 2 fully saturated rings. The van der Waals surface area contributed by atoms with Crippen LogP contribution in [0.25, 0.3) is 0 Å². The number of nitrogens with zero attached hydrogens (tertiary/aromatic N) is 4. The lowest BCUT2D eigenvalue weighted by atomic mass is 9.93. The number of piperidine rings is 2. The summed E-state index contributed by atoms with van der Waals surface area (Å²) in [7, 11) is 1.64. The van der Waals surface area contributed by atoms with E-state index in [9.17, 15) is 9.18 Å². The molecule has 1 N–H and O–H groups in total. The number of aromatic nitrogens is 2. The van der Waals surface area contributed by atoms with Gasteiger partial charge in [-0.1, -0.05) is 0 Å². The third-order valence-corrected chi connectivity index (χ3v) is 5.30. The normalized spacial score (nSPS) is 22.4. The minimum Gasteiger partial charge on any atom is -0.383 e. The first-order valence-electron chi connectivity index (χ1n) is 9.40. The Hall–Kier alpha value is -1.80. The Bertz CT molecular complexity index is 577. The van der Waals surface area contributed by atoms with Crippen molar-refractivity contribution in [2.45, 2.75) is 31.7 Å². The van der Waals surface area contributed by atoms with Gasteiger partial charge in [0.25, 0.3) is 0 Å². The van der Waals surface area contributed by atoms with Crippen molar-refractivity contribution in [3.63, 3.8) is 0 Å². The van der Waals surface area contributed by atoms with Crippen molar-refractivity contribution in [2.24, 2.45) is 5.92 Å². The van der Waals surface area contributed by atoms with Gasteiger partial charge in [0.2, 0.25) is 11.9 Å². The summed E-state index contributed by atoms with van der Waals surface area (Å²) >= 11 is 0. The second-order valence-electron chi connectivity index (χ2n) is 7.04. The Morgan fingerprint density at radius 1 is 1.27 bits per heavy atom. The van der Waals surface area contributed by atoms with Crippen molar-refractivity contribution >= 4 is 11.9 Å². The number of nitrogens with one attached hydrogen (secondary N) is 1. The molecular weight excluding hydrogens is 337 g/mol. The molecule has 1 atom stereocenters. The van der Waals surface area contributed by atoms with E-state index in [4.69, 9.17) is 4.74 Å². The molecule has 0 bridgehead atoms. The highest BCUT2D eigenvalue weighted by Crippen LogP contribution is 2.25. The summed E-state index contributed by atoms with van der Waals surface area (Å²) in [6.07, 6.45) is 6.47. The summed E-state index contributed by atoms with van der Waals surface area (Å²) in [6, 6.07) is 0.487. The fourth-order valence-electron chi connectivity index (χ4n) is 3.87. The zero-order valence-electron chi connectivity index (χ0n) is 15.4. The highest BCUT2D eigenvalue weighted by Gasteiger charge is 2.31. The van der Waals surface area contributed by atoms with E-state index < -0.39 is 5.82 Å². The Labute approximate surface area is 153 Å². The zero-order chi connectivity index (χ0) is 18.4. The molecule has 0 spiro atoms. The zero-order valence-corrected chi connectivity index (χ0v) is 15.4. The summed E-state index contributed by atoms with van der Waals surface area (Å²) in [5.41, 5.74) is 0. The highest BCUT2D eigenvalue weighted by molar-refractivity contribution is 5.78. The lowest BCUT2D eigenvalue weighted by molar-refractivity contribution is -0.127.